The van der Waals surface area contributed by atoms with Crippen LogP contribution in [0.3, 0.4) is 0 Å². The number of hydrogen-bond acceptors (Lipinski definition) is 7. The van der Waals surface area contributed by atoms with Gasteiger partial charge in [-0.3, -0.25) is 4.79 Å². The molecule has 0 spiro atoms. The first-order chi connectivity index (χ1) is 22.4. The van der Waals surface area contributed by atoms with Crippen molar-refractivity contribution in [1.29, 1.82) is 0 Å². The van der Waals surface area contributed by atoms with Crippen molar-refractivity contribution >= 4 is 39.3 Å². The van der Waals surface area contributed by atoms with E-state index in [0.29, 0.717) is 44.3 Å². The van der Waals surface area contributed by atoms with Gasteiger partial charge in [-0.1, -0.05) is 23.7 Å². The number of amides is 2. The molecule has 2 amide bonds. The van der Waals surface area contributed by atoms with Gasteiger partial charge < -0.3 is 25.4 Å². The largest absolute Gasteiger partial charge is 0.453 e. The van der Waals surface area contributed by atoms with Crippen LogP contribution in [0.15, 0.2) is 36.4 Å². The summed E-state index contributed by atoms with van der Waals surface area (Å²) in [4.78, 5) is 26.9. The van der Waals surface area contributed by atoms with Crippen LogP contribution >= 0.6 is 11.6 Å². The average molecular weight is 697 g/mol. The van der Waals surface area contributed by atoms with E-state index in [9.17, 15) is 22.4 Å². The van der Waals surface area contributed by atoms with E-state index in [4.69, 9.17) is 21.1 Å². The Morgan fingerprint density at radius 2 is 1.89 bits per heavy atom. The Hall–Kier alpha value is -2.84. The van der Waals surface area contributed by atoms with E-state index in [0.717, 1.165) is 6.42 Å². The van der Waals surface area contributed by atoms with Crippen molar-refractivity contribution in [3.8, 4) is 0 Å². The van der Waals surface area contributed by atoms with Crippen LogP contribution in [0, 0.1) is 17.6 Å². The Balaban J connectivity index is 1.44. The maximum atomic E-state index is 15.4. The molecule has 0 aromatic heterocycles. The molecule has 3 aliphatic rings. The zero-order valence-corrected chi connectivity index (χ0v) is 28.4. The van der Waals surface area contributed by atoms with Crippen LogP contribution in [0.5, 0.6) is 0 Å². The molecule has 0 saturated carbocycles. The van der Waals surface area contributed by atoms with E-state index in [1.165, 1.54) is 31.4 Å². The number of hydrogen-bond donors (Lipinski definition) is 3. The Morgan fingerprint density at radius 3 is 2.60 bits per heavy atom. The molecule has 5 rings (SSSR count). The summed E-state index contributed by atoms with van der Waals surface area (Å²) in [6, 6.07) is 7.12. The van der Waals surface area contributed by atoms with Gasteiger partial charge in [0.2, 0.25) is 15.9 Å². The Bertz CT molecular complexity index is 1560. The smallest absolute Gasteiger partial charge is 0.407 e. The molecule has 2 bridgehead atoms. The minimum atomic E-state index is -3.44. The summed E-state index contributed by atoms with van der Waals surface area (Å²) in [7, 11) is -2.26. The molecule has 14 heteroatoms. The number of nitrogens with zero attached hydrogens (tertiary/aromatic N) is 1. The number of anilines is 1. The summed E-state index contributed by atoms with van der Waals surface area (Å²) >= 11 is 6.00. The van der Waals surface area contributed by atoms with Crippen molar-refractivity contribution in [3.05, 3.63) is 64.2 Å². The molecule has 0 radical (unpaired) electrons. The molecule has 47 heavy (non-hydrogen) atoms. The van der Waals surface area contributed by atoms with Crippen molar-refractivity contribution in [2.75, 3.05) is 31.3 Å². The van der Waals surface area contributed by atoms with Crippen LogP contribution in [0.1, 0.15) is 63.0 Å². The van der Waals surface area contributed by atoms with Crippen LogP contribution < -0.4 is 16.0 Å². The van der Waals surface area contributed by atoms with Gasteiger partial charge >= 0.3 is 6.09 Å². The number of carbonyl (C=O) groups is 2. The summed E-state index contributed by atoms with van der Waals surface area (Å²) in [6.45, 7) is 4.67. The molecule has 3 fully saturated rings. The van der Waals surface area contributed by atoms with Gasteiger partial charge in [0.05, 0.1) is 30.1 Å². The lowest BCUT2D eigenvalue weighted by Crippen LogP contribution is -2.57. The molecule has 10 nitrogen and oxygen atoms in total. The number of fused-ring (bicyclic) bond motifs is 2. The molecule has 2 aromatic carbocycles. The fourth-order valence-corrected chi connectivity index (χ4v) is 9.33. The lowest BCUT2D eigenvalue weighted by atomic mass is 9.74. The first kappa shape index (κ1) is 35.5. The van der Waals surface area contributed by atoms with E-state index in [1.807, 2.05) is 13.8 Å². The lowest BCUT2D eigenvalue weighted by Gasteiger charge is -2.40. The van der Waals surface area contributed by atoms with Gasteiger partial charge in [0, 0.05) is 42.3 Å². The van der Waals surface area contributed by atoms with Crippen molar-refractivity contribution in [2.24, 2.45) is 5.92 Å². The van der Waals surface area contributed by atoms with E-state index in [2.05, 4.69) is 16.0 Å². The van der Waals surface area contributed by atoms with Crippen LogP contribution in [-0.4, -0.2) is 81.0 Å². The van der Waals surface area contributed by atoms with Crippen LogP contribution in [-0.2, 0) is 30.7 Å². The topological polar surface area (TPSA) is 126 Å². The predicted molar refractivity (Wildman–Crippen MR) is 175 cm³/mol. The summed E-state index contributed by atoms with van der Waals surface area (Å²) in [5.74, 6) is -2.72. The number of nitrogens with one attached hydrogen (secondary N) is 3. The first-order valence-corrected chi connectivity index (χ1v) is 18.1. The van der Waals surface area contributed by atoms with Gasteiger partial charge in [0.25, 0.3) is 0 Å². The van der Waals surface area contributed by atoms with Crippen molar-refractivity contribution in [3.63, 3.8) is 0 Å². The maximum absolute atomic E-state index is 15.4. The summed E-state index contributed by atoms with van der Waals surface area (Å²) < 4.78 is 68.6. The number of ether oxygens (including phenoxy) is 2. The highest BCUT2D eigenvalue weighted by Gasteiger charge is 2.41. The second kappa shape index (κ2) is 15.1. The normalized spacial score (nSPS) is 28.4. The highest BCUT2D eigenvalue weighted by molar-refractivity contribution is 7.89. The molecule has 2 unspecified atom stereocenters. The number of rotatable bonds is 9. The quantitative estimate of drug-likeness (QED) is 0.338. The minimum absolute atomic E-state index is 0.0794. The van der Waals surface area contributed by atoms with Crippen molar-refractivity contribution in [1.82, 2.24) is 14.9 Å². The monoisotopic (exact) mass is 696 g/mol. The number of alkyl carbamates (subject to hydrolysis) is 1. The molecule has 3 aliphatic heterocycles. The van der Waals surface area contributed by atoms with Crippen LogP contribution in [0.2, 0.25) is 5.02 Å². The minimum Gasteiger partial charge on any atom is -0.453 e. The second-order valence-corrected chi connectivity index (χ2v) is 15.3. The fourth-order valence-electron chi connectivity index (χ4n) is 7.41. The average Bonchev–Trinajstić information content (AvgIpc) is 3.13. The number of methoxy groups -OCH3 is 1. The second-order valence-electron chi connectivity index (χ2n) is 12.9. The van der Waals surface area contributed by atoms with Crippen molar-refractivity contribution in [2.45, 2.75) is 88.6 Å². The lowest BCUT2D eigenvalue weighted by molar-refractivity contribution is -0.120. The third kappa shape index (κ3) is 8.43. The molecule has 0 aliphatic carbocycles. The van der Waals surface area contributed by atoms with E-state index < -0.39 is 45.6 Å². The van der Waals surface area contributed by atoms with Gasteiger partial charge in [0.1, 0.15) is 17.7 Å². The predicted octanol–water partition coefficient (Wildman–Crippen LogP) is 4.97. The van der Waals surface area contributed by atoms with Crippen LogP contribution in [0.25, 0.3) is 0 Å². The SMILES string of the molecule is COC(=O)N[C@H](C(=O)Nc1cccc(F)c1CC[C@H]1CN[C@@H]2CCCS(=O)(=O)N1C2)[C@@H](c1ccc(Cl)c(F)c1)C1C[C@@H](C)O[C@@H](C)C1. The fraction of sp³-hybridized carbons (Fsp3) is 0.576. The Kier molecular flexibility index (Phi) is 11.4. The number of piperazine rings is 1. The van der Waals surface area contributed by atoms with Gasteiger partial charge in [0.15, 0.2) is 0 Å². The van der Waals surface area contributed by atoms with Crippen LogP contribution in [0.4, 0.5) is 19.3 Å². The van der Waals surface area contributed by atoms with Gasteiger partial charge in [-0.2, -0.15) is 4.31 Å². The zero-order valence-electron chi connectivity index (χ0n) is 26.8. The van der Waals surface area contributed by atoms with E-state index >= 15 is 4.39 Å². The van der Waals surface area contributed by atoms with E-state index in [-0.39, 0.29) is 58.7 Å². The maximum Gasteiger partial charge on any atom is 0.407 e. The van der Waals surface area contributed by atoms with Gasteiger partial charge in [-0.15, -0.1) is 0 Å². The third-order valence-electron chi connectivity index (χ3n) is 9.54. The van der Waals surface area contributed by atoms with Crippen molar-refractivity contribution < 1.29 is 36.3 Å². The number of sulfonamides is 1. The number of carbonyl (C=O) groups excluding carboxylic acids is 2. The zero-order chi connectivity index (χ0) is 33.9. The molecular weight excluding hydrogens is 654 g/mol. The molecule has 3 saturated heterocycles. The Morgan fingerprint density at radius 1 is 1.15 bits per heavy atom. The third-order valence-corrected chi connectivity index (χ3v) is 11.8. The Labute approximate surface area is 279 Å². The first-order valence-electron chi connectivity index (χ1n) is 16.1. The molecular formula is C33H43ClF2N4O6S. The summed E-state index contributed by atoms with van der Waals surface area (Å²) in [5.41, 5.74) is 0.868. The summed E-state index contributed by atoms with van der Waals surface area (Å²) in [6.07, 6.45) is 1.75. The number of benzene rings is 2. The molecule has 2 aromatic rings. The molecule has 8 atom stereocenters. The summed E-state index contributed by atoms with van der Waals surface area (Å²) in [5, 5.41) is 8.83. The molecule has 3 heterocycles. The number of halogens is 3. The van der Waals surface area contributed by atoms with Gasteiger partial charge in [-0.05, 0) is 88.1 Å². The van der Waals surface area contributed by atoms with E-state index in [1.54, 1.807) is 16.4 Å². The highest BCUT2D eigenvalue weighted by Crippen LogP contribution is 2.40. The van der Waals surface area contributed by atoms with Gasteiger partial charge in [-0.25, -0.2) is 22.0 Å². The standard InChI is InChI=1S/C33H43ClF2N4O6S/c1-19-14-22(15-20(2)46-19)30(21-9-12-26(34)28(36)16-21)31(39-33(42)45-3)32(41)38-29-8-4-7-27(35)25(29)11-10-24-17-37-23-6-5-13-47(43,44)40(24)18-23/h4,7-9,12,16,19-20,22-24,30-31,37H,5-6,10-11,13-15,17-18H2,1-3H3,(H,38,41)(H,39,42)/t19-,20+,22?,23-,24+,30+,31+/m1/s1. The highest BCUT2D eigenvalue weighted by atomic mass is 35.5. The molecule has 3 N–H and O–H groups in total. The molecule has 258 valence electrons.